The highest BCUT2D eigenvalue weighted by atomic mass is 16.5. The highest BCUT2D eigenvalue weighted by Gasteiger charge is 2.56. The molecule has 5 atom stereocenters. The van der Waals surface area contributed by atoms with E-state index in [-0.39, 0.29) is 11.5 Å². The van der Waals surface area contributed by atoms with Crippen LogP contribution in [-0.4, -0.2) is 18.3 Å². The van der Waals surface area contributed by atoms with Gasteiger partial charge in [0.1, 0.15) is 0 Å². The minimum atomic E-state index is -0.0369. The van der Waals surface area contributed by atoms with Crippen LogP contribution in [0.4, 0.5) is 0 Å². The highest BCUT2D eigenvalue weighted by Crippen LogP contribution is 2.62. The fraction of sp³-hybridized carbons (Fsp3) is 0.800. The van der Waals surface area contributed by atoms with Crippen LogP contribution in [0.1, 0.15) is 64.7 Å². The van der Waals surface area contributed by atoms with Gasteiger partial charge in [-0.2, -0.15) is 0 Å². The molecule has 2 fully saturated rings. The number of ether oxygens (including phenoxy) is 1. The average Bonchev–Trinajstić information content (AvgIpc) is 2.91. The summed E-state index contributed by atoms with van der Waals surface area (Å²) < 4.78 is 5.49. The Morgan fingerprint density at radius 2 is 2.14 bits per heavy atom. The Morgan fingerprint density at radius 3 is 2.91 bits per heavy atom. The van der Waals surface area contributed by atoms with Crippen molar-refractivity contribution >= 4 is 0 Å². The number of rotatable bonds is 2. The molecule has 4 aliphatic rings. The zero-order valence-corrected chi connectivity index (χ0v) is 14.1. The molecule has 2 saturated carbocycles. The van der Waals surface area contributed by atoms with Gasteiger partial charge >= 0.3 is 0 Å². The number of aliphatic hydroxyl groups is 1. The summed E-state index contributed by atoms with van der Waals surface area (Å²) in [6, 6.07) is 0. The van der Waals surface area contributed by atoms with Crippen LogP contribution in [0, 0.1) is 23.2 Å². The molecule has 4 rings (SSSR count). The molecule has 0 heterocycles. The Labute approximate surface area is 134 Å². The summed E-state index contributed by atoms with van der Waals surface area (Å²) in [6.07, 6.45) is 13.1. The van der Waals surface area contributed by atoms with Gasteiger partial charge in [-0.3, -0.25) is 0 Å². The highest BCUT2D eigenvalue weighted by molar-refractivity contribution is 5.32. The molecule has 0 aliphatic heterocycles. The van der Waals surface area contributed by atoms with Crippen molar-refractivity contribution in [2.75, 3.05) is 7.11 Å². The quantitative estimate of drug-likeness (QED) is 0.756. The second kappa shape index (κ2) is 5.40. The molecule has 0 saturated heterocycles. The van der Waals surface area contributed by atoms with Crippen LogP contribution in [0.5, 0.6) is 0 Å². The van der Waals surface area contributed by atoms with Crippen molar-refractivity contribution in [1.82, 2.24) is 0 Å². The standard InChI is InChI=1S/C20H30O2/c1-3-20-11-10-16-15-7-5-14(22-2)12-13(15)4-6-17(16)18(20)8-9-19(20)21/h5,16-19,21H,3-4,6-12H2,1-2H3/t16-,17-,18+,19-,20+/m0/s1. The van der Waals surface area contributed by atoms with Crippen LogP contribution in [0.2, 0.25) is 0 Å². The Kier molecular flexibility index (Phi) is 3.64. The number of hydrogen-bond donors (Lipinski definition) is 1. The van der Waals surface area contributed by atoms with Crippen LogP contribution >= 0.6 is 0 Å². The normalized spacial score (nSPS) is 44.0. The van der Waals surface area contributed by atoms with Crippen molar-refractivity contribution in [3.63, 3.8) is 0 Å². The Bertz CT molecular complexity index is 518. The summed E-state index contributed by atoms with van der Waals surface area (Å²) in [6.45, 7) is 2.31. The molecule has 2 heteroatoms. The van der Waals surface area contributed by atoms with Crippen molar-refractivity contribution in [1.29, 1.82) is 0 Å². The molecular weight excluding hydrogens is 272 g/mol. The second-order valence-corrected chi connectivity index (χ2v) is 8.02. The van der Waals surface area contributed by atoms with Gasteiger partial charge in [-0.15, -0.1) is 0 Å². The van der Waals surface area contributed by atoms with E-state index >= 15 is 0 Å². The van der Waals surface area contributed by atoms with Gasteiger partial charge in [0.25, 0.3) is 0 Å². The van der Waals surface area contributed by atoms with Gasteiger partial charge in [-0.05, 0) is 80.6 Å². The minimum absolute atomic E-state index is 0.0369. The smallest absolute Gasteiger partial charge is 0.0959 e. The van der Waals surface area contributed by atoms with E-state index in [1.165, 1.54) is 44.3 Å². The molecule has 0 aromatic heterocycles. The first-order valence-electron chi connectivity index (χ1n) is 9.31. The maximum absolute atomic E-state index is 10.6. The lowest BCUT2D eigenvalue weighted by molar-refractivity contribution is -0.0473. The zero-order valence-electron chi connectivity index (χ0n) is 14.1. The van der Waals surface area contributed by atoms with E-state index in [1.807, 2.05) is 0 Å². The third kappa shape index (κ3) is 1.95. The summed E-state index contributed by atoms with van der Waals surface area (Å²) in [4.78, 5) is 0. The van der Waals surface area contributed by atoms with Crippen molar-refractivity contribution < 1.29 is 9.84 Å². The lowest BCUT2D eigenvalue weighted by Gasteiger charge is -2.52. The maximum atomic E-state index is 10.6. The largest absolute Gasteiger partial charge is 0.501 e. The van der Waals surface area contributed by atoms with E-state index in [0.29, 0.717) is 0 Å². The number of hydrogen-bond acceptors (Lipinski definition) is 2. The van der Waals surface area contributed by atoms with Crippen LogP contribution < -0.4 is 0 Å². The SMILES string of the molecule is CC[C@@]12CC[C@H]3C4=C(CC[C@@H]3[C@H]1CC[C@@H]2O)CC(OC)=CC4. The molecule has 2 nitrogen and oxygen atoms in total. The van der Waals surface area contributed by atoms with E-state index in [4.69, 9.17) is 4.74 Å². The number of fused-ring (bicyclic) bond motifs is 4. The topological polar surface area (TPSA) is 29.5 Å². The summed E-state index contributed by atoms with van der Waals surface area (Å²) in [5.74, 6) is 3.58. The van der Waals surface area contributed by atoms with Crippen LogP contribution in [0.15, 0.2) is 23.0 Å². The first kappa shape index (κ1) is 14.8. The summed E-state index contributed by atoms with van der Waals surface area (Å²) >= 11 is 0. The average molecular weight is 302 g/mol. The van der Waals surface area contributed by atoms with Crippen LogP contribution in [0.25, 0.3) is 0 Å². The van der Waals surface area contributed by atoms with E-state index in [0.717, 1.165) is 37.0 Å². The van der Waals surface area contributed by atoms with Gasteiger partial charge in [0.15, 0.2) is 0 Å². The first-order valence-corrected chi connectivity index (χ1v) is 9.31. The van der Waals surface area contributed by atoms with Gasteiger partial charge in [0.2, 0.25) is 0 Å². The summed E-state index contributed by atoms with van der Waals surface area (Å²) in [7, 11) is 1.80. The van der Waals surface area contributed by atoms with Crippen LogP contribution in [-0.2, 0) is 4.74 Å². The number of allylic oxidation sites excluding steroid dienone is 3. The number of methoxy groups -OCH3 is 1. The Morgan fingerprint density at radius 1 is 1.27 bits per heavy atom. The van der Waals surface area contributed by atoms with Crippen LogP contribution in [0.3, 0.4) is 0 Å². The van der Waals surface area contributed by atoms with Gasteiger partial charge < -0.3 is 9.84 Å². The van der Waals surface area contributed by atoms with E-state index in [9.17, 15) is 5.11 Å². The van der Waals surface area contributed by atoms with Gasteiger partial charge in [0.05, 0.1) is 19.0 Å². The van der Waals surface area contributed by atoms with Gasteiger partial charge in [-0.1, -0.05) is 18.1 Å². The maximum Gasteiger partial charge on any atom is 0.0959 e. The second-order valence-electron chi connectivity index (χ2n) is 8.02. The predicted molar refractivity (Wildman–Crippen MR) is 88.3 cm³/mol. The van der Waals surface area contributed by atoms with Crippen molar-refractivity contribution in [2.45, 2.75) is 70.8 Å². The Balaban J connectivity index is 1.61. The number of aliphatic hydroxyl groups excluding tert-OH is 1. The zero-order chi connectivity index (χ0) is 15.3. The monoisotopic (exact) mass is 302 g/mol. The van der Waals surface area contributed by atoms with Gasteiger partial charge in [-0.25, -0.2) is 0 Å². The first-order chi connectivity index (χ1) is 10.7. The summed E-state index contributed by atoms with van der Waals surface area (Å²) in [5.41, 5.74) is 3.69. The van der Waals surface area contributed by atoms with Crippen molar-refractivity contribution in [3.8, 4) is 0 Å². The molecule has 0 aromatic carbocycles. The fourth-order valence-electron chi connectivity index (χ4n) is 6.50. The third-order valence-corrected chi connectivity index (χ3v) is 7.65. The molecule has 1 N–H and O–H groups in total. The van der Waals surface area contributed by atoms with E-state index < -0.39 is 0 Å². The fourth-order valence-corrected chi connectivity index (χ4v) is 6.50. The molecule has 0 unspecified atom stereocenters. The van der Waals surface area contributed by atoms with E-state index in [2.05, 4.69) is 13.0 Å². The molecule has 0 amide bonds. The van der Waals surface area contributed by atoms with Gasteiger partial charge in [0, 0.05) is 6.42 Å². The molecule has 0 aromatic rings. The Hall–Kier alpha value is -0.760. The molecular formula is C20H30O2. The lowest BCUT2D eigenvalue weighted by atomic mass is 9.53. The lowest BCUT2D eigenvalue weighted by Crippen LogP contribution is -2.46. The molecule has 22 heavy (non-hydrogen) atoms. The van der Waals surface area contributed by atoms with Crippen molar-refractivity contribution in [2.24, 2.45) is 23.2 Å². The molecule has 0 spiro atoms. The predicted octanol–water partition coefficient (Wildman–Crippen LogP) is 4.59. The molecule has 122 valence electrons. The molecule has 0 bridgehead atoms. The molecule has 4 aliphatic carbocycles. The molecule has 0 radical (unpaired) electrons. The van der Waals surface area contributed by atoms with Crippen molar-refractivity contribution in [3.05, 3.63) is 23.0 Å². The third-order valence-electron chi connectivity index (χ3n) is 7.65. The van der Waals surface area contributed by atoms with E-state index in [1.54, 1.807) is 18.3 Å². The minimum Gasteiger partial charge on any atom is -0.501 e. The summed E-state index contributed by atoms with van der Waals surface area (Å²) in [5, 5.41) is 10.6.